The lowest BCUT2D eigenvalue weighted by Crippen LogP contribution is -2.25. The van der Waals surface area contributed by atoms with E-state index in [1.165, 1.54) is 6.92 Å². The maximum Gasteiger partial charge on any atom is 0.232 e. The van der Waals surface area contributed by atoms with Gasteiger partial charge in [-0.05, 0) is 6.92 Å². The van der Waals surface area contributed by atoms with Crippen molar-refractivity contribution in [3.05, 3.63) is 41.5 Å². The molecule has 0 fully saturated rings. The van der Waals surface area contributed by atoms with Gasteiger partial charge in [-0.15, -0.1) is 0 Å². The number of hydrogen-bond acceptors (Lipinski definition) is 3. The van der Waals surface area contributed by atoms with Crippen LogP contribution in [0.2, 0.25) is 0 Å². The third-order valence-corrected chi connectivity index (χ3v) is 2.74. The van der Waals surface area contributed by atoms with Crippen LogP contribution >= 0.6 is 34.8 Å². The second-order valence-corrected chi connectivity index (χ2v) is 5.80. The predicted molar refractivity (Wildman–Crippen MR) is 74.7 cm³/mol. The van der Waals surface area contributed by atoms with E-state index >= 15 is 0 Å². The Balaban J connectivity index is 3.37. The molecule has 0 unspecified atom stereocenters. The number of aliphatic hydroxyl groups excluding tert-OH is 1. The lowest BCUT2D eigenvalue weighted by Gasteiger charge is -2.15. The zero-order valence-corrected chi connectivity index (χ0v) is 11.6. The van der Waals surface area contributed by atoms with Crippen LogP contribution in [0, 0.1) is 5.41 Å². The number of benzene rings is 1. The molecular weight excluding hydrogens is 296 g/mol. The van der Waals surface area contributed by atoms with Crippen LogP contribution < -0.4 is 0 Å². The van der Waals surface area contributed by atoms with Crippen molar-refractivity contribution in [3.8, 4) is 0 Å². The van der Waals surface area contributed by atoms with Crippen molar-refractivity contribution < 1.29 is 9.90 Å². The number of hydrogen-bond donors (Lipinski definition) is 2. The van der Waals surface area contributed by atoms with E-state index < -0.39 is 15.3 Å². The standard InChI is InChI=1S/C12H10Cl3NO2/c1-7(17)9(11(16)12(13,14)15)10(18)8-5-3-2-4-6-8/h2-6,16,18H,1H3/b10-9+,16-11?. The van der Waals surface area contributed by atoms with Crippen molar-refractivity contribution in [2.75, 3.05) is 0 Å². The average Bonchev–Trinajstić information content (AvgIpc) is 2.28. The van der Waals surface area contributed by atoms with Gasteiger partial charge in [-0.2, -0.15) is 0 Å². The summed E-state index contributed by atoms with van der Waals surface area (Å²) in [6.45, 7) is 1.19. The van der Waals surface area contributed by atoms with E-state index in [-0.39, 0.29) is 11.3 Å². The molecule has 1 aromatic rings. The first-order valence-electron chi connectivity index (χ1n) is 4.91. The largest absolute Gasteiger partial charge is 0.506 e. The van der Waals surface area contributed by atoms with Gasteiger partial charge in [0.25, 0.3) is 0 Å². The van der Waals surface area contributed by atoms with Crippen LogP contribution in [0.3, 0.4) is 0 Å². The Hall–Kier alpha value is -1.03. The minimum absolute atomic E-state index is 0.304. The molecule has 0 aliphatic carbocycles. The molecule has 96 valence electrons. The Bertz CT molecular complexity index is 504. The van der Waals surface area contributed by atoms with E-state index in [1.807, 2.05) is 0 Å². The number of Topliss-reactive ketones (excluding diaryl/α,β-unsaturated/α-hetero) is 1. The normalized spacial score (nSPS) is 12.9. The van der Waals surface area contributed by atoms with Crippen LogP contribution in [-0.2, 0) is 4.79 Å². The third kappa shape index (κ3) is 3.48. The van der Waals surface area contributed by atoms with E-state index in [1.54, 1.807) is 30.3 Å². The molecule has 1 rings (SSSR count). The number of carbonyl (C=O) groups is 1. The fourth-order valence-corrected chi connectivity index (χ4v) is 1.63. The third-order valence-electron chi connectivity index (χ3n) is 2.17. The zero-order valence-electron chi connectivity index (χ0n) is 9.38. The number of alkyl halides is 3. The Morgan fingerprint density at radius 2 is 1.72 bits per heavy atom. The SMILES string of the molecule is CC(=O)/C(C(=N)C(Cl)(Cl)Cl)=C(\O)c1ccccc1. The second kappa shape index (κ2) is 5.74. The molecule has 0 aliphatic heterocycles. The first-order valence-corrected chi connectivity index (χ1v) is 6.04. The number of nitrogens with one attached hydrogen (secondary N) is 1. The molecule has 0 radical (unpaired) electrons. The number of aliphatic hydroxyl groups is 1. The highest BCUT2D eigenvalue weighted by Crippen LogP contribution is 2.32. The molecule has 0 bridgehead atoms. The van der Waals surface area contributed by atoms with Crippen molar-refractivity contribution in [3.63, 3.8) is 0 Å². The second-order valence-electron chi connectivity index (χ2n) is 3.52. The molecule has 0 saturated carbocycles. The molecule has 0 amide bonds. The van der Waals surface area contributed by atoms with Crippen LogP contribution in [0.15, 0.2) is 35.9 Å². The number of ketones is 1. The van der Waals surface area contributed by atoms with Crippen LogP contribution in [0.25, 0.3) is 5.76 Å². The Morgan fingerprint density at radius 1 is 1.22 bits per heavy atom. The minimum Gasteiger partial charge on any atom is -0.506 e. The Morgan fingerprint density at radius 3 is 2.11 bits per heavy atom. The summed E-state index contributed by atoms with van der Waals surface area (Å²) in [5.74, 6) is -0.924. The molecule has 6 heteroatoms. The molecule has 18 heavy (non-hydrogen) atoms. The Kier molecular flexibility index (Phi) is 4.79. The van der Waals surface area contributed by atoms with Crippen LogP contribution in [0.1, 0.15) is 12.5 Å². The summed E-state index contributed by atoms with van der Waals surface area (Å²) in [5.41, 5.74) is -0.482. The summed E-state index contributed by atoms with van der Waals surface area (Å²) in [5, 5.41) is 17.7. The molecule has 0 atom stereocenters. The van der Waals surface area contributed by atoms with Crippen LogP contribution in [-0.4, -0.2) is 20.4 Å². The maximum atomic E-state index is 11.5. The number of halogens is 3. The molecule has 0 spiro atoms. The van der Waals surface area contributed by atoms with Gasteiger partial charge in [0.05, 0.1) is 11.3 Å². The van der Waals surface area contributed by atoms with E-state index in [0.717, 1.165) is 0 Å². The fourth-order valence-electron chi connectivity index (χ4n) is 1.34. The molecule has 0 heterocycles. The predicted octanol–water partition coefficient (Wildman–Crippen LogP) is 3.93. The monoisotopic (exact) mass is 305 g/mol. The number of allylic oxidation sites excluding steroid dienone is 1. The molecule has 0 saturated heterocycles. The van der Waals surface area contributed by atoms with E-state index in [4.69, 9.17) is 40.2 Å². The molecular formula is C12H10Cl3NO2. The highest BCUT2D eigenvalue weighted by atomic mass is 35.6. The van der Waals surface area contributed by atoms with E-state index in [0.29, 0.717) is 5.56 Å². The average molecular weight is 307 g/mol. The summed E-state index contributed by atoms with van der Waals surface area (Å²) < 4.78 is -2.07. The number of carbonyl (C=O) groups excluding carboxylic acids is 1. The van der Waals surface area contributed by atoms with Gasteiger partial charge in [0, 0.05) is 5.56 Å². The lowest BCUT2D eigenvalue weighted by atomic mass is 10.0. The summed E-state index contributed by atoms with van der Waals surface area (Å²) in [7, 11) is 0. The smallest absolute Gasteiger partial charge is 0.232 e. The van der Waals surface area contributed by atoms with Crippen molar-refractivity contribution in [1.29, 1.82) is 5.41 Å². The van der Waals surface area contributed by atoms with Crippen LogP contribution in [0.5, 0.6) is 0 Å². The topological polar surface area (TPSA) is 61.2 Å². The van der Waals surface area contributed by atoms with Gasteiger partial charge in [-0.25, -0.2) is 0 Å². The van der Waals surface area contributed by atoms with Crippen molar-refractivity contribution in [2.45, 2.75) is 10.7 Å². The highest BCUT2D eigenvalue weighted by molar-refractivity contribution is 6.78. The first-order chi connectivity index (χ1) is 8.25. The molecule has 1 aromatic carbocycles. The number of rotatable bonds is 3. The minimum atomic E-state index is -2.07. The van der Waals surface area contributed by atoms with Crippen molar-refractivity contribution in [1.82, 2.24) is 0 Å². The maximum absolute atomic E-state index is 11.5. The fraction of sp³-hybridized carbons (Fsp3) is 0.167. The van der Waals surface area contributed by atoms with Gasteiger partial charge < -0.3 is 5.11 Å². The Labute approximate surface area is 119 Å². The molecule has 2 N–H and O–H groups in total. The van der Waals surface area contributed by atoms with Gasteiger partial charge in [0.15, 0.2) is 5.78 Å². The lowest BCUT2D eigenvalue weighted by molar-refractivity contribution is -0.113. The molecule has 0 aliphatic rings. The van der Waals surface area contributed by atoms with Gasteiger partial charge in [-0.1, -0.05) is 65.1 Å². The van der Waals surface area contributed by atoms with Crippen molar-refractivity contribution in [2.24, 2.45) is 0 Å². The van der Waals surface area contributed by atoms with E-state index in [9.17, 15) is 9.90 Å². The van der Waals surface area contributed by atoms with Crippen LogP contribution in [0.4, 0.5) is 0 Å². The quantitative estimate of drug-likeness (QED) is 0.384. The van der Waals surface area contributed by atoms with Gasteiger partial charge in [0.2, 0.25) is 3.79 Å². The zero-order chi connectivity index (χ0) is 13.9. The highest BCUT2D eigenvalue weighted by Gasteiger charge is 2.33. The summed E-state index contributed by atoms with van der Waals surface area (Å²) in [4.78, 5) is 11.5. The van der Waals surface area contributed by atoms with Crippen molar-refractivity contribution >= 4 is 52.1 Å². The van der Waals surface area contributed by atoms with Gasteiger partial charge in [-0.3, -0.25) is 10.2 Å². The van der Waals surface area contributed by atoms with Gasteiger partial charge >= 0.3 is 0 Å². The van der Waals surface area contributed by atoms with E-state index in [2.05, 4.69) is 0 Å². The summed E-state index contributed by atoms with van der Waals surface area (Å²) in [6, 6.07) is 8.29. The molecule has 0 aromatic heterocycles. The summed E-state index contributed by atoms with van der Waals surface area (Å²) in [6.07, 6.45) is 0. The molecule has 3 nitrogen and oxygen atoms in total. The first kappa shape index (κ1) is 15.0. The summed E-state index contributed by atoms with van der Waals surface area (Å²) >= 11 is 16.7. The van der Waals surface area contributed by atoms with Gasteiger partial charge in [0.1, 0.15) is 5.76 Å².